The molecule has 1 saturated carbocycles. The number of rotatable bonds is 2. The summed E-state index contributed by atoms with van der Waals surface area (Å²) in [6.07, 6.45) is 2.38. The van der Waals surface area contributed by atoms with Gasteiger partial charge in [0.15, 0.2) is 0 Å². The Balaban J connectivity index is 2.02. The summed E-state index contributed by atoms with van der Waals surface area (Å²) in [6, 6.07) is 10.5. The largest absolute Gasteiger partial charge is 0.466 e. The van der Waals surface area contributed by atoms with Crippen LogP contribution in [0.15, 0.2) is 28.7 Å². The van der Waals surface area contributed by atoms with Gasteiger partial charge in [-0.1, -0.05) is 0 Å². The molecule has 1 fully saturated rings. The fourth-order valence-corrected chi connectivity index (χ4v) is 2.91. The van der Waals surface area contributed by atoms with E-state index in [1.165, 1.54) is 12.8 Å². The summed E-state index contributed by atoms with van der Waals surface area (Å²) in [5.41, 5.74) is 3.68. The highest BCUT2D eigenvalue weighted by Crippen LogP contribution is 2.42. The Bertz CT molecular complexity index is 891. The van der Waals surface area contributed by atoms with Crippen LogP contribution in [-0.4, -0.2) is 9.55 Å². The van der Waals surface area contributed by atoms with Crippen molar-refractivity contribution in [1.82, 2.24) is 9.55 Å². The SMILES string of the molecule is Cc1cc(-c2nc3cc(C#N)ccc3n2C2CC2)c(C)o1. The molecule has 4 heteroatoms. The Kier molecular flexibility index (Phi) is 2.46. The van der Waals surface area contributed by atoms with Crippen molar-refractivity contribution in [2.75, 3.05) is 0 Å². The van der Waals surface area contributed by atoms with E-state index in [1.54, 1.807) is 0 Å². The highest BCUT2D eigenvalue weighted by atomic mass is 16.3. The lowest BCUT2D eigenvalue weighted by atomic mass is 10.2. The quantitative estimate of drug-likeness (QED) is 0.708. The molecule has 2 aromatic heterocycles. The van der Waals surface area contributed by atoms with Crippen molar-refractivity contribution in [3.63, 3.8) is 0 Å². The number of hydrogen-bond donors (Lipinski definition) is 0. The van der Waals surface area contributed by atoms with Crippen LogP contribution in [0.4, 0.5) is 0 Å². The van der Waals surface area contributed by atoms with Gasteiger partial charge in [0.2, 0.25) is 0 Å². The van der Waals surface area contributed by atoms with Crippen LogP contribution < -0.4 is 0 Å². The number of aryl methyl sites for hydroxylation is 2. The first-order valence-corrected chi connectivity index (χ1v) is 7.17. The Labute approximate surface area is 122 Å². The van der Waals surface area contributed by atoms with Crippen LogP contribution in [0.2, 0.25) is 0 Å². The molecule has 1 aliphatic rings. The molecule has 3 aromatic rings. The summed E-state index contributed by atoms with van der Waals surface area (Å²) in [4.78, 5) is 4.78. The number of hydrogen-bond acceptors (Lipinski definition) is 3. The van der Waals surface area contributed by atoms with Gasteiger partial charge in [-0.3, -0.25) is 0 Å². The van der Waals surface area contributed by atoms with Crippen molar-refractivity contribution in [2.24, 2.45) is 0 Å². The monoisotopic (exact) mass is 277 g/mol. The van der Waals surface area contributed by atoms with Crippen LogP contribution in [0, 0.1) is 25.2 Å². The lowest BCUT2D eigenvalue weighted by Crippen LogP contribution is -1.97. The third kappa shape index (κ3) is 1.85. The second kappa shape index (κ2) is 4.23. The summed E-state index contributed by atoms with van der Waals surface area (Å²) >= 11 is 0. The van der Waals surface area contributed by atoms with Gasteiger partial charge in [0, 0.05) is 6.04 Å². The van der Waals surface area contributed by atoms with Crippen LogP contribution in [0.25, 0.3) is 22.4 Å². The van der Waals surface area contributed by atoms with E-state index in [-0.39, 0.29) is 0 Å². The molecule has 0 amide bonds. The van der Waals surface area contributed by atoms with Gasteiger partial charge in [-0.15, -0.1) is 0 Å². The van der Waals surface area contributed by atoms with Gasteiger partial charge in [0.25, 0.3) is 0 Å². The Hall–Kier alpha value is -2.54. The van der Waals surface area contributed by atoms with Crippen molar-refractivity contribution in [3.8, 4) is 17.5 Å². The molecule has 104 valence electrons. The fraction of sp³-hybridized carbons (Fsp3) is 0.294. The number of nitriles is 1. The number of benzene rings is 1. The van der Waals surface area contributed by atoms with Gasteiger partial charge in [-0.25, -0.2) is 4.98 Å². The third-order valence-electron chi connectivity index (χ3n) is 4.01. The molecule has 1 aliphatic carbocycles. The molecular formula is C17H15N3O. The van der Waals surface area contributed by atoms with Crippen LogP contribution in [0.3, 0.4) is 0 Å². The molecule has 0 radical (unpaired) electrons. The molecule has 0 aliphatic heterocycles. The highest BCUT2D eigenvalue weighted by molar-refractivity contribution is 5.82. The van der Waals surface area contributed by atoms with Gasteiger partial charge in [-0.2, -0.15) is 5.26 Å². The average Bonchev–Trinajstić information content (AvgIpc) is 3.15. The third-order valence-corrected chi connectivity index (χ3v) is 4.01. The first-order chi connectivity index (χ1) is 10.2. The molecule has 4 nitrogen and oxygen atoms in total. The van der Waals surface area contributed by atoms with Crippen molar-refractivity contribution in [2.45, 2.75) is 32.7 Å². The van der Waals surface area contributed by atoms with E-state index >= 15 is 0 Å². The van der Waals surface area contributed by atoms with Gasteiger partial charge in [0.05, 0.1) is 28.2 Å². The summed E-state index contributed by atoms with van der Waals surface area (Å²) in [6.45, 7) is 3.92. The Morgan fingerprint density at radius 2 is 2.10 bits per heavy atom. The van der Waals surface area contributed by atoms with E-state index < -0.39 is 0 Å². The topological polar surface area (TPSA) is 54.8 Å². The number of imidazole rings is 1. The fourth-order valence-electron chi connectivity index (χ4n) is 2.91. The molecule has 2 heterocycles. The van der Waals surface area contributed by atoms with Crippen molar-refractivity contribution < 1.29 is 4.42 Å². The van der Waals surface area contributed by atoms with E-state index in [9.17, 15) is 0 Å². The van der Waals surface area contributed by atoms with E-state index in [1.807, 2.05) is 38.1 Å². The van der Waals surface area contributed by atoms with E-state index in [2.05, 4.69) is 10.6 Å². The molecule has 0 bridgehead atoms. The van der Waals surface area contributed by atoms with Gasteiger partial charge < -0.3 is 8.98 Å². The smallest absolute Gasteiger partial charge is 0.144 e. The van der Waals surface area contributed by atoms with Crippen LogP contribution in [0.5, 0.6) is 0 Å². The molecule has 0 spiro atoms. The first-order valence-electron chi connectivity index (χ1n) is 7.17. The maximum absolute atomic E-state index is 9.06. The van der Waals surface area contributed by atoms with Gasteiger partial charge >= 0.3 is 0 Å². The van der Waals surface area contributed by atoms with Crippen LogP contribution in [0.1, 0.15) is 36.0 Å². The standard InChI is InChI=1S/C17H15N3O/c1-10-7-14(11(2)21-10)17-19-15-8-12(9-18)3-6-16(15)20(17)13-4-5-13/h3,6-8,13H,4-5H2,1-2H3. The summed E-state index contributed by atoms with van der Waals surface area (Å²) in [5, 5.41) is 9.06. The number of nitrogens with zero attached hydrogens (tertiary/aromatic N) is 3. The summed E-state index contributed by atoms with van der Waals surface area (Å²) < 4.78 is 7.96. The Morgan fingerprint density at radius 1 is 1.29 bits per heavy atom. The number of fused-ring (bicyclic) bond motifs is 1. The van der Waals surface area contributed by atoms with Crippen molar-refractivity contribution >= 4 is 11.0 Å². The minimum absolute atomic E-state index is 0.521. The van der Waals surface area contributed by atoms with Gasteiger partial charge in [-0.05, 0) is 51.0 Å². The normalized spacial score (nSPS) is 14.5. The highest BCUT2D eigenvalue weighted by Gasteiger charge is 2.29. The predicted molar refractivity (Wildman–Crippen MR) is 79.9 cm³/mol. The zero-order valence-corrected chi connectivity index (χ0v) is 12.1. The predicted octanol–water partition coefficient (Wildman–Crippen LogP) is 4.12. The number of aromatic nitrogens is 2. The van der Waals surface area contributed by atoms with Crippen molar-refractivity contribution in [3.05, 3.63) is 41.3 Å². The average molecular weight is 277 g/mol. The molecule has 21 heavy (non-hydrogen) atoms. The molecule has 0 saturated heterocycles. The zero-order chi connectivity index (χ0) is 14.6. The van der Waals surface area contributed by atoms with E-state index in [4.69, 9.17) is 14.7 Å². The molecular weight excluding hydrogens is 262 g/mol. The Morgan fingerprint density at radius 3 is 2.71 bits per heavy atom. The second-order valence-electron chi connectivity index (χ2n) is 5.68. The second-order valence-corrected chi connectivity index (χ2v) is 5.68. The molecule has 4 rings (SSSR count). The maximum atomic E-state index is 9.06. The van der Waals surface area contributed by atoms with E-state index in [0.717, 1.165) is 33.9 Å². The maximum Gasteiger partial charge on any atom is 0.144 e. The zero-order valence-electron chi connectivity index (χ0n) is 12.1. The van der Waals surface area contributed by atoms with Crippen LogP contribution in [-0.2, 0) is 0 Å². The summed E-state index contributed by atoms with van der Waals surface area (Å²) in [5.74, 6) is 2.75. The van der Waals surface area contributed by atoms with Crippen molar-refractivity contribution in [1.29, 1.82) is 5.26 Å². The van der Waals surface area contributed by atoms with Gasteiger partial charge in [0.1, 0.15) is 17.3 Å². The lowest BCUT2D eigenvalue weighted by Gasteiger charge is -2.06. The molecule has 0 atom stereocenters. The molecule has 0 N–H and O–H groups in total. The lowest BCUT2D eigenvalue weighted by molar-refractivity contribution is 0.505. The summed E-state index contributed by atoms with van der Waals surface area (Å²) in [7, 11) is 0. The minimum Gasteiger partial charge on any atom is -0.466 e. The van der Waals surface area contributed by atoms with Crippen LogP contribution >= 0.6 is 0 Å². The molecule has 1 aromatic carbocycles. The first kappa shape index (κ1) is 12.2. The van der Waals surface area contributed by atoms with E-state index in [0.29, 0.717) is 11.6 Å². The minimum atomic E-state index is 0.521. The molecule has 0 unspecified atom stereocenters. The number of furan rings is 1.